The Morgan fingerprint density at radius 3 is 2.05 bits per heavy atom. The zero-order valence-corrected chi connectivity index (χ0v) is 25.4. The van der Waals surface area contributed by atoms with Crippen molar-refractivity contribution in [2.24, 2.45) is 0 Å². The van der Waals surface area contributed by atoms with Gasteiger partial charge in [-0.3, -0.25) is 4.98 Å². The smallest absolute Gasteiger partial charge is 0.415 e. The van der Waals surface area contributed by atoms with E-state index < -0.39 is 11.7 Å². The number of alkyl halides is 3. The fourth-order valence-electron chi connectivity index (χ4n) is 5.35. The van der Waals surface area contributed by atoms with Crippen molar-refractivity contribution in [2.75, 3.05) is 0 Å². The molecule has 0 aliphatic rings. The molecule has 2 aromatic heterocycles. The molecule has 4 aromatic carbocycles. The summed E-state index contributed by atoms with van der Waals surface area (Å²) < 4.78 is 48.7. The van der Waals surface area contributed by atoms with E-state index >= 15 is 0 Å². The second-order valence-electron chi connectivity index (χ2n) is 10.7. The Morgan fingerprint density at radius 2 is 1.41 bits per heavy atom. The molecule has 1 radical (unpaired) electrons. The molecule has 0 spiro atoms. The van der Waals surface area contributed by atoms with Gasteiger partial charge in [0.05, 0.1) is 16.9 Å². The summed E-state index contributed by atoms with van der Waals surface area (Å²) in [5.74, 6) is 0.815. The van der Waals surface area contributed by atoms with Crippen LogP contribution in [-0.2, 0) is 26.3 Å². The van der Waals surface area contributed by atoms with Crippen molar-refractivity contribution in [3.05, 3.63) is 108 Å². The Hall–Kier alpha value is -3.67. The predicted octanol–water partition coefficient (Wildman–Crippen LogP) is 10.2. The van der Waals surface area contributed by atoms with Gasteiger partial charge in [-0.1, -0.05) is 99.3 Å². The molecule has 7 heteroatoms. The maximum Gasteiger partial charge on any atom is 0.415 e. The molecular weight excluding hydrogens is 702 g/mol. The monoisotopic (exact) mass is 730 g/mol. The van der Waals surface area contributed by atoms with E-state index in [1.807, 2.05) is 42.5 Å². The number of fused-ring (bicyclic) bond motifs is 2. The van der Waals surface area contributed by atoms with Gasteiger partial charge < -0.3 is 8.98 Å². The molecule has 6 rings (SSSR count). The van der Waals surface area contributed by atoms with Gasteiger partial charge in [-0.15, -0.1) is 0 Å². The number of aromatic nitrogens is 2. The molecule has 0 aliphatic heterocycles. The molecule has 6 aromatic rings. The van der Waals surface area contributed by atoms with Crippen molar-refractivity contribution in [3.63, 3.8) is 0 Å². The number of halogens is 3. The molecule has 211 valence electrons. The summed E-state index contributed by atoms with van der Waals surface area (Å²) >= 11 is 0. The Balaban J connectivity index is 0.00000337. The van der Waals surface area contributed by atoms with E-state index in [2.05, 4.69) is 62.8 Å². The Kier molecular flexibility index (Phi) is 7.71. The minimum atomic E-state index is -4.48. The van der Waals surface area contributed by atoms with E-state index in [1.165, 1.54) is 6.07 Å². The summed E-state index contributed by atoms with van der Waals surface area (Å²) in [4.78, 5) is 4.95. The third-order valence-corrected chi connectivity index (χ3v) is 7.37. The van der Waals surface area contributed by atoms with E-state index in [0.29, 0.717) is 22.4 Å². The first kappa shape index (κ1) is 28.8. The fourth-order valence-corrected chi connectivity index (χ4v) is 5.35. The van der Waals surface area contributed by atoms with Crippen LogP contribution in [0.5, 0.6) is 0 Å². The Labute approximate surface area is 250 Å². The minimum absolute atomic E-state index is 0. The van der Waals surface area contributed by atoms with Gasteiger partial charge in [-0.2, -0.15) is 13.2 Å². The van der Waals surface area contributed by atoms with Crippen molar-refractivity contribution in [1.82, 2.24) is 9.55 Å². The standard InChI is InChI=1S/C34H28F3N2O.Ir/c1-20(2)25-16-23(22-10-6-5-7-11-22)17-26(21(3)4)32(25)39-30-13-9-8-12-29(30)38-33(39)28-19-40-31-15-14-24(18-27(28)31)34(35,36)37;/h5-18,20-21H,1-4H3;/q-1;. The second-order valence-corrected chi connectivity index (χ2v) is 10.7. The van der Waals surface area contributed by atoms with Crippen molar-refractivity contribution in [1.29, 1.82) is 0 Å². The summed E-state index contributed by atoms with van der Waals surface area (Å²) in [5.41, 5.74) is 7.08. The topological polar surface area (TPSA) is 31.0 Å². The number of furan rings is 1. The molecule has 0 amide bonds. The normalized spacial score (nSPS) is 12.0. The van der Waals surface area contributed by atoms with E-state index in [1.54, 1.807) is 0 Å². The number of imidazole rings is 1. The fraction of sp³-hybridized carbons (Fsp3) is 0.206. The van der Waals surface area contributed by atoms with Crippen LogP contribution in [0.3, 0.4) is 0 Å². The zero-order chi connectivity index (χ0) is 28.2. The van der Waals surface area contributed by atoms with Gasteiger partial charge in [-0.25, -0.2) is 0 Å². The molecular formula is C34H28F3IrN2O-. The number of hydrogen-bond donors (Lipinski definition) is 0. The molecule has 0 fully saturated rings. The Morgan fingerprint density at radius 1 is 0.780 bits per heavy atom. The van der Waals surface area contributed by atoms with E-state index in [-0.39, 0.29) is 31.9 Å². The number of hydrogen-bond acceptors (Lipinski definition) is 2. The number of para-hydroxylation sites is 2. The predicted molar refractivity (Wildman–Crippen MR) is 154 cm³/mol. The van der Waals surface area contributed by atoms with Crippen molar-refractivity contribution in [2.45, 2.75) is 45.7 Å². The van der Waals surface area contributed by atoms with Gasteiger partial charge in [0, 0.05) is 43.2 Å². The summed E-state index contributed by atoms with van der Waals surface area (Å²) in [6.45, 7) is 8.63. The maximum atomic E-state index is 13.7. The zero-order valence-electron chi connectivity index (χ0n) is 23.0. The number of rotatable bonds is 5. The van der Waals surface area contributed by atoms with Crippen LogP contribution in [0.4, 0.5) is 13.2 Å². The SMILES string of the molecule is CC(C)c1cc(-c2ccccc2)cc(C(C)C)c1-n1c(-c2[c-]oc3ccc(C(F)(F)F)cc23)nc2ccccc21.[Ir]. The molecule has 3 nitrogen and oxygen atoms in total. The molecule has 2 heterocycles. The third-order valence-electron chi connectivity index (χ3n) is 7.37. The molecule has 0 bridgehead atoms. The summed E-state index contributed by atoms with van der Waals surface area (Å²) in [6.07, 6.45) is -1.59. The first-order valence-electron chi connectivity index (χ1n) is 13.4. The molecule has 0 N–H and O–H groups in total. The van der Waals surface area contributed by atoms with Crippen LogP contribution < -0.4 is 0 Å². The van der Waals surface area contributed by atoms with Crippen LogP contribution in [0.15, 0.2) is 89.3 Å². The van der Waals surface area contributed by atoms with Gasteiger partial charge in [-0.05, 0) is 58.4 Å². The molecule has 0 unspecified atom stereocenters. The van der Waals surface area contributed by atoms with Gasteiger partial charge in [0.1, 0.15) is 0 Å². The number of benzene rings is 4. The molecule has 0 atom stereocenters. The van der Waals surface area contributed by atoms with Crippen LogP contribution in [0, 0.1) is 6.26 Å². The van der Waals surface area contributed by atoms with Gasteiger partial charge in [0.25, 0.3) is 0 Å². The third kappa shape index (κ3) is 5.13. The first-order chi connectivity index (χ1) is 19.1. The van der Waals surface area contributed by atoms with E-state index in [4.69, 9.17) is 9.40 Å². The van der Waals surface area contributed by atoms with Crippen LogP contribution in [0.1, 0.15) is 56.2 Å². The van der Waals surface area contributed by atoms with Gasteiger partial charge in [0.2, 0.25) is 0 Å². The summed E-state index contributed by atoms with van der Waals surface area (Å²) in [5, 5.41) is 0.324. The largest absolute Gasteiger partial charge is 0.557 e. The van der Waals surface area contributed by atoms with E-state index in [9.17, 15) is 13.2 Å². The van der Waals surface area contributed by atoms with Crippen molar-refractivity contribution < 1.29 is 37.7 Å². The Bertz CT molecular complexity index is 1820. The van der Waals surface area contributed by atoms with Crippen molar-refractivity contribution in [3.8, 4) is 28.2 Å². The molecule has 0 saturated heterocycles. The minimum Gasteiger partial charge on any atom is -0.557 e. The average molecular weight is 730 g/mol. The van der Waals surface area contributed by atoms with Crippen LogP contribution in [0.25, 0.3) is 50.2 Å². The van der Waals surface area contributed by atoms with E-state index in [0.717, 1.165) is 51.1 Å². The molecule has 0 saturated carbocycles. The van der Waals surface area contributed by atoms with Crippen LogP contribution >= 0.6 is 0 Å². The van der Waals surface area contributed by atoms with Crippen LogP contribution in [-0.4, -0.2) is 9.55 Å². The molecule has 41 heavy (non-hydrogen) atoms. The van der Waals surface area contributed by atoms with Crippen molar-refractivity contribution >= 4 is 22.0 Å². The maximum absolute atomic E-state index is 13.7. The second kappa shape index (κ2) is 11.0. The first-order valence-corrected chi connectivity index (χ1v) is 13.4. The average Bonchev–Trinajstić information content (AvgIpc) is 3.53. The summed E-state index contributed by atoms with van der Waals surface area (Å²) in [6, 6.07) is 26.0. The quantitative estimate of drug-likeness (QED) is 0.166. The number of nitrogens with zero attached hydrogens (tertiary/aromatic N) is 2. The molecule has 0 aliphatic carbocycles. The van der Waals surface area contributed by atoms with Gasteiger partial charge in [0.15, 0.2) is 0 Å². The van der Waals surface area contributed by atoms with Gasteiger partial charge >= 0.3 is 6.18 Å². The van der Waals surface area contributed by atoms with Crippen LogP contribution in [0.2, 0.25) is 0 Å². The summed E-state index contributed by atoms with van der Waals surface area (Å²) in [7, 11) is 0.